The number of sulfone groups is 1. The number of aryl methyl sites for hydroxylation is 2. The van der Waals surface area contributed by atoms with Crippen LogP contribution in [0.25, 0.3) is 16.0 Å². The summed E-state index contributed by atoms with van der Waals surface area (Å²) in [6.45, 7) is 18.1. The number of halogens is 4. The van der Waals surface area contributed by atoms with Gasteiger partial charge in [0.15, 0.2) is 0 Å². The Morgan fingerprint density at radius 2 is 1.52 bits per heavy atom. The van der Waals surface area contributed by atoms with Gasteiger partial charge in [-0.3, -0.25) is 33.8 Å². The molecule has 5 aromatic carbocycles. The average Bonchev–Trinajstić information content (AvgIpc) is 1.52. The lowest BCUT2D eigenvalue weighted by atomic mass is 9.72. The van der Waals surface area contributed by atoms with Crippen molar-refractivity contribution in [1.82, 2.24) is 39.9 Å². The quantitative estimate of drug-likeness (QED) is 0.0295. The molecule has 28 heteroatoms. The number of hydrogen-bond donors (Lipinski definition) is 5. The number of benzene rings is 5. The highest BCUT2D eigenvalue weighted by atomic mass is 35.5. The summed E-state index contributed by atoms with van der Waals surface area (Å²) < 4.78 is 101. The molecule has 1 aromatic heterocycles. The van der Waals surface area contributed by atoms with E-state index in [2.05, 4.69) is 56.7 Å². The minimum absolute atomic E-state index is 0.00315. The number of nitrogens with zero attached hydrogens (tertiary/aromatic N) is 6. The molecule has 3 saturated heterocycles. The van der Waals surface area contributed by atoms with Gasteiger partial charge >= 0.3 is 5.51 Å². The predicted molar refractivity (Wildman–Crippen MR) is 396 cm³/mol. The molecule has 4 aliphatic heterocycles. The first-order valence-electron chi connectivity index (χ1n) is 34.8. The number of amides is 5. The number of β-amino-alcohol motifs (C(OH)–C–C–N with tert-alkyl or cyclic N) is 1. The standard InChI is InChI=1S/C75H90ClF3N10O10S4/c1-47(49-13-15-51(16-14-49)68-48(2)80-46-101-68)81-71(94)64-38-58(90)44-89(64)72(95)69(73(3,4)5)83-66(91)40-67(92)87-34-31-85(32-35-87)30-28-56(45-100-59-11-9-8-10-12-59)82-62-25-24-60(39-65(62)102(96,97)75(77,78)79)103(98,99)84-70(93)53-20-26-63-52(37-53)19-23-57-43-86(33-36-88(57)63)42-54-41-74(6,7)29-27-61(54)50-17-21-55(76)22-18-50/h8-18,20-22,24-26,37,39,46-47,56-58,64,69,82,90H,19,23,27-36,38,40-45H2,1-7H3,(H,81,94)(H,83,91)(H,84,93)/t47-,56+,57?,58+,64-,69+/m0/s1. The van der Waals surface area contributed by atoms with Crippen molar-refractivity contribution in [2.75, 3.05) is 81.4 Å². The van der Waals surface area contributed by atoms with Crippen LogP contribution in [-0.4, -0.2) is 183 Å². The number of aromatic nitrogens is 1. The van der Waals surface area contributed by atoms with Gasteiger partial charge in [-0.05, 0) is 152 Å². The molecule has 6 aromatic rings. The number of aliphatic hydroxyl groups is 1. The number of alkyl halides is 3. The maximum Gasteiger partial charge on any atom is 0.501 e. The number of aliphatic hydroxyl groups excluding tert-OH is 1. The van der Waals surface area contributed by atoms with Gasteiger partial charge in [0, 0.05) is 111 Å². The molecule has 5 aliphatic rings. The normalized spacial score (nSPS) is 20.0. The highest BCUT2D eigenvalue weighted by Gasteiger charge is 2.49. The number of carbonyl (C=O) groups excluding carboxylic acids is 5. The van der Waals surface area contributed by atoms with E-state index >= 15 is 0 Å². The van der Waals surface area contributed by atoms with Gasteiger partial charge in [0.1, 0.15) is 23.4 Å². The number of piperazine rings is 2. The predicted octanol–water partition coefficient (Wildman–Crippen LogP) is 11.2. The van der Waals surface area contributed by atoms with Crippen molar-refractivity contribution in [3.05, 3.63) is 159 Å². The van der Waals surface area contributed by atoms with E-state index < -0.39 is 112 Å². The number of hydrogen-bond acceptors (Lipinski definition) is 17. The Kier molecular flexibility index (Phi) is 23.7. The van der Waals surface area contributed by atoms with E-state index in [-0.39, 0.29) is 55.2 Å². The first kappa shape index (κ1) is 76.7. The molecule has 0 radical (unpaired) electrons. The van der Waals surface area contributed by atoms with E-state index in [0.717, 1.165) is 102 Å². The lowest BCUT2D eigenvalue weighted by molar-refractivity contribution is -0.145. The lowest BCUT2D eigenvalue weighted by Crippen LogP contribution is -2.58. The highest BCUT2D eigenvalue weighted by Crippen LogP contribution is 2.44. The van der Waals surface area contributed by atoms with Gasteiger partial charge in [0.2, 0.25) is 23.6 Å². The van der Waals surface area contributed by atoms with Crippen LogP contribution in [0.4, 0.5) is 24.5 Å². The van der Waals surface area contributed by atoms with Gasteiger partial charge < -0.3 is 35.8 Å². The van der Waals surface area contributed by atoms with E-state index in [1.807, 2.05) is 90.2 Å². The average molecular weight is 1510 g/mol. The van der Waals surface area contributed by atoms with Crippen LogP contribution in [0, 0.1) is 17.8 Å². The molecule has 103 heavy (non-hydrogen) atoms. The largest absolute Gasteiger partial charge is 0.501 e. The van der Waals surface area contributed by atoms with Crippen LogP contribution in [0.2, 0.25) is 5.02 Å². The second kappa shape index (κ2) is 31.8. The molecule has 0 saturated carbocycles. The Hall–Kier alpha value is -7.37. The molecule has 1 aliphatic carbocycles. The van der Waals surface area contributed by atoms with Crippen LogP contribution in [0.3, 0.4) is 0 Å². The van der Waals surface area contributed by atoms with Crippen LogP contribution in [0.15, 0.2) is 141 Å². The lowest BCUT2D eigenvalue weighted by Gasteiger charge is -2.47. The third kappa shape index (κ3) is 18.5. The van der Waals surface area contributed by atoms with E-state index in [1.165, 1.54) is 55.7 Å². The third-order valence-corrected chi connectivity index (χ3v) is 25.5. The summed E-state index contributed by atoms with van der Waals surface area (Å²) >= 11 is 9.15. The number of rotatable bonds is 23. The zero-order chi connectivity index (χ0) is 73.9. The number of anilines is 2. The smallest absolute Gasteiger partial charge is 0.391 e. The van der Waals surface area contributed by atoms with Crippen molar-refractivity contribution in [1.29, 1.82) is 0 Å². The number of nitrogens with one attached hydrogen (secondary N) is 4. The number of allylic oxidation sites excluding steroid dienone is 1. The Labute approximate surface area is 614 Å². The summed E-state index contributed by atoms with van der Waals surface area (Å²) in [6.07, 6.45) is 3.11. The zero-order valence-corrected chi connectivity index (χ0v) is 62.9. The summed E-state index contributed by atoms with van der Waals surface area (Å²) in [5, 5.41) is 20.3. The van der Waals surface area contributed by atoms with E-state index in [9.17, 15) is 59.1 Å². The second-order valence-electron chi connectivity index (χ2n) is 29.5. The molecule has 5 amide bonds. The number of fused-ring (bicyclic) bond motifs is 3. The van der Waals surface area contributed by atoms with Gasteiger partial charge in [-0.2, -0.15) is 13.2 Å². The maximum atomic E-state index is 14.7. The van der Waals surface area contributed by atoms with Crippen LogP contribution >= 0.6 is 34.7 Å². The summed E-state index contributed by atoms with van der Waals surface area (Å²) in [5.74, 6) is -3.10. The van der Waals surface area contributed by atoms with Crippen molar-refractivity contribution in [3.63, 3.8) is 0 Å². The highest BCUT2D eigenvalue weighted by molar-refractivity contribution is 7.99. The van der Waals surface area contributed by atoms with Crippen molar-refractivity contribution >= 4 is 101 Å². The number of carbonyl (C=O) groups is 5. The van der Waals surface area contributed by atoms with Crippen molar-refractivity contribution in [2.24, 2.45) is 10.8 Å². The number of sulfonamides is 1. The van der Waals surface area contributed by atoms with Crippen LogP contribution in [0.5, 0.6) is 0 Å². The van der Waals surface area contributed by atoms with Gasteiger partial charge in [-0.25, -0.2) is 26.5 Å². The fourth-order valence-electron chi connectivity index (χ4n) is 14.5. The van der Waals surface area contributed by atoms with Crippen LogP contribution in [0.1, 0.15) is 125 Å². The molecule has 5 heterocycles. The van der Waals surface area contributed by atoms with Gasteiger partial charge in [-0.1, -0.05) is 106 Å². The van der Waals surface area contributed by atoms with Crippen molar-refractivity contribution < 1.29 is 59.1 Å². The molecule has 552 valence electrons. The first-order valence-corrected chi connectivity index (χ1v) is 40.1. The van der Waals surface area contributed by atoms with Gasteiger partial charge in [0.25, 0.3) is 25.8 Å². The van der Waals surface area contributed by atoms with E-state index in [0.29, 0.717) is 37.1 Å². The SMILES string of the molecule is Cc1ncsc1-c1ccc([C@H](C)NC(=O)[C@@H]2C[C@@H](O)CN2C(=O)[C@@H](NC(=O)CC(=O)N2CCN(CC[C@H](CSc3ccccc3)Nc3ccc(S(=O)(=O)NC(=O)c4ccc5c(c4)CCC4CN(CC6=C(c7ccc(Cl)cc7)CCC(C)(C)C6)CCN54)cc3S(=O)(=O)C(F)(F)F)CC2)C(C)(C)C)cc1. The minimum Gasteiger partial charge on any atom is -0.391 e. The zero-order valence-electron chi connectivity index (χ0n) is 58.9. The maximum absolute atomic E-state index is 14.7. The fraction of sp³-hybridized carbons (Fsp3) is 0.467. The van der Waals surface area contributed by atoms with E-state index in [1.54, 1.807) is 38.4 Å². The van der Waals surface area contributed by atoms with E-state index in [4.69, 9.17) is 11.6 Å². The fourth-order valence-corrected chi connectivity index (χ4v) is 18.5. The molecule has 0 bridgehead atoms. The molecule has 11 rings (SSSR count). The van der Waals surface area contributed by atoms with Crippen molar-refractivity contribution in [3.8, 4) is 10.4 Å². The van der Waals surface area contributed by atoms with Crippen LogP contribution in [-0.2, 0) is 45.5 Å². The van der Waals surface area contributed by atoms with Gasteiger partial charge in [0.05, 0.1) is 38.8 Å². The molecule has 6 atom stereocenters. The van der Waals surface area contributed by atoms with Gasteiger partial charge in [-0.15, -0.1) is 23.1 Å². The number of likely N-dealkylation sites (tertiary alicyclic amines) is 1. The van der Waals surface area contributed by atoms with Crippen LogP contribution < -0.4 is 25.6 Å². The Balaban J connectivity index is 0.701. The number of thiazole rings is 1. The summed E-state index contributed by atoms with van der Waals surface area (Å²) in [5.41, 5.74) is 3.25. The molecule has 0 spiro atoms. The Morgan fingerprint density at radius 1 is 0.825 bits per heavy atom. The minimum atomic E-state index is -6.22. The Morgan fingerprint density at radius 3 is 2.20 bits per heavy atom. The summed E-state index contributed by atoms with van der Waals surface area (Å²) in [6, 6.07) is 29.0. The molecule has 5 N–H and O–H groups in total. The van der Waals surface area contributed by atoms with Crippen molar-refractivity contribution in [2.45, 2.75) is 156 Å². The second-order valence-corrected chi connectivity index (χ2v) is 35.4. The molecule has 1 unspecified atom stereocenters. The molecular formula is C75H90ClF3N10O10S4. The number of thioether (sulfide) groups is 1. The third-order valence-electron chi connectivity index (χ3n) is 20.3. The topological polar surface area (TPSA) is 251 Å². The molecular weight excluding hydrogens is 1420 g/mol. The molecule has 20 nitrogen and oxygen atoms in total. The monoisotopic (exact) mass is 1510 g/mol. The molecule has 3 fully saturated rings. The summed E-state index contributed by atoms with van der Waals surface area (Å²) in [4.78, 5) is 83.4. The Bertz CT molecular complexity index is 4380. The first-order chi connectivity index (χ1) is 48.7. The summed E-state index contributed by atoms with van der Waals surface area (Å²) in [7, 11) is -11.2.